The van der Waals surface area contributed by atoms with E-state index >= 15 is 0 Å². The van der Waals surface area contributed by atoms with E-state index in [2.05, 4.69) is 43.1 Å². The fourth-order valence-electron chi connectivity index (χ4n) is 4.43. The number of rotatable bonds is 2. The summed E-state index contributed by atoms with van der Waals surface area (Å²) in [7, 11) is 2.10. The molecule has 3 nitrogen and oxygen atoms in total. The first-order valence-electron chi connectivity index (χ1n) is 7.73. The average Bonchev–Trinajstić information content (AvgIpc) is 2.72. The van der Waals surface area contributed by atoms with Crippen LogP contribution in [-0.4, -0.2) is 41.8 Å². The zero-order chi connectivity index (χ0) is 14.4. The molecular formula is C17H26N2O. The van der Waals surface area contributed by atoms with Gasteiger partial charge in [-0.2, -0.15) is 0 Å². The summed E-state index contributed by atoms with van der Waals surface area (Å²) in [5.74, 6) is 0. The Bertz CT molecular complexity index is 492. The Kier molecular flexibility index (Phi) is 3.39. The lowest BCUT2D eigenvalue weighted by Crippen LogP contribution is -2.58. The van der Waals surface area contributed by atoms with Crippen LogP contribution in [-0.2, 0) is 11.8 Å². The van der Waals surface area contributed by atoms with Gasteiger partial charge in [-0.1, -0.05) is 24.3 Å². The highest BCUT2D eigenvalue weighted by Gasteiger charge is 2.56. The summed E-state index contributed by atoms with van der Waals surface area (Å²) in [6.45, 7) is 3.44. The summed E-state index contributed by atoms with van der Waals surface area (Å²) in [6, 6.07) is 8.98. The maximum atomic E-state index is 11.4. The van der Waals surface area contributed by atoms with Crippen molar-refractivity contribution >= 4 is 0 Å². The molecule has 0 saturated carbocycles. The number of aliphatic hydroxyl groups is 1. The van der Waals surface area contributed by atoms with Crippen molar-refractivity contribution in [3.8, 4) is 0 Å². The van der Waals surface area contributed by atoms with Crippen molar-refractivity contribution in [3.63, 3.8) is 0 Å². The molecule has 1 heterocycles. The van der Waals surface area contributed by atoms with Crippen LogP contribution in [0.1, 0.15) is 37.3 Å². The Morgan fingerprint density at radius 3 is 2.80 bits per heavy atom. The zero-order valence-electron chi connectivity index (χ0n) is 12.6. The van der Waals surface area contributed by atoms with Crippen LogP contribution in [0.25, 0.3) is 0 Å². The van der Waals surface area contributed by atoms with E-state index < -0.39 is 5.60 Å². The second-order valence-corrected chi connectivity index (χ2v) is 6.80. The average molecular weight is 274 g/mol. The van der Waals surface area contributed by atoms with Gasteiger partial charge in [0.05, 0.1) is 5.60 Å². The Balaban J connectivity index is 2.10. The molecule has 0 amide bonds. The van der Waals surface area contributed by atoms with Gasteiger partial charge in [0, 0.05) is 24.5 Å². The Morgan fingerprint density at radius 2 is 2.15 bits per heavy atom. The Morgan fingerprint density at radius 1 is 1.40 bits per heavy atom. The summed E-state index contributed by atoms with van der Waals surface area (Å²) in [5, 5.41) is 11.4. The third-order valence-electron chi connectivity index (χ3n) is 5.72. The summed E-state index contributed by atoms with van der Waals surface area (Å²) in [4.78, 5) is 2.26. The van der Waals surface area contributed by atoms with Crippen LogP contribution < -0.4 is 5.73 Å². The first-order chi connectivity index (χ1) is 9.52. The summed E-state index contributed by atoms with van der Waals surface area (Å²) in [5.41, 5.74) is 7.92. The molecule has 3 atom stereocenters. The van der Waals surface area contributed by atoms with Gasteiger partial charge in [-0.05, 0) is 50.8 Å². The molecule has 0 spiro atoms. The number of benzene rings is 1. The maximum absolute atomic E-state index is 11.4. The molecule has 1 aliphatic carbocycles. The maximum Gasteiger partial charge on any atom is 0.0897 e. The van der Waals surface area contributed by atoms with Gasteiger partial charge in [-0.15, -0.1) is 0 Å². The molecule has 0 radical (unpaired) electrons. The van der Waals surface area contributed by atoms with Gasteiger partial charge in [0.15, 0.2) is 0 Å². The van der Waals surface area contributed by atoms with Crippen LogP contribution in [0.4, 0.5) is 0 Å². The number of fused-ring (bicyclic) bond motifs is 1. The summed E-state index contributed by atoms with van der Waals surface area (Å²) >= 11 is 0. The molecule has 3 rings (SSSR count). The third-order valence-corrected chi connectivity index (χ3v) is 5.72. The molecule has 3 unspecified atom stereocenters. The molecule has 1 aromatic carbocycles. The predicted molar refractivity (Wildman–Crippen MR) is 81.8 cm³/mol. The van der Waals surface area contributed by atoms with Gasteiger partial charge in [0.1, 0.15) is 0 Å². The van der Waals surface area contributed by atoms with Gasteiger partial charge in [0.25, 0.3) is 0 Å². The Labute approximate surface area is 121 Å². The van der Waals surface area contributed by atoms with Crippen molar-refractivity contribution in [2.75, 3.05) is 20.1 Å². The molecule has 110 valence electrons. The van der Waals surface area contributed by atoms with Crippen LogP contribution in [0.3, 0.4) is 0 Å². The normalized spacial score (nSPS) is 37.9. The first-order valence-corrected chi connectivity index (χ1v) is 7.73. The van der Waals surface area contributed by atoms with E-state index in [0.29, 0.717) is 12.6 Å². The van der Waals surface area contributed by atoms with E-state index in [1.165, 1.54) is 11.1 Å². The fraction of sp³-hybridized carbons (Fsp3) is 0.647. The number of likely N-dealkylation sites (tertiary alicyclic amines) is 1. The lowest BCUT2D eigenvalue weighted by Gasteiger charge is -2.48. The monoisotopic (exact) mass is 274 g/mol. The van der Waals surface area contributed by atoms with Crippen molar-refractivity contribution in [1.29, 1.82) is 0 Å². The molecule has 3 N–H and O–H groups in total. The third kappa shape index (κ3) is 1.84. The van der Waals surface area contributed by atoms with Crippen molar-refractivity contribution in [2.24, 2.45) is 5.73 Å². The quantitative estimate of drug-likeness (QED) is 0.862. The lowest BCUT2D eigenvalue weighted by atomic mass is 9.60. The lowest BCUT2D eigenvalue weighted by molar-refractivity contribution is -0.0347. The van der Waals surface area contributed by atoms with Crippen LogP contribution >= 0.6 is 0 Å². The molecule has 0 aromatic heterocycles. The minimum absolute atomic E-state index is 0.277. The highest BCUT2D eigenvalue weighted by atomic mass is 16.3. The smallest absolute Gasteiger partial charge is 0.0897 e. The summed E-state index contributed by atoms with van der Waals surface area (Å²) < 4.78 is 0. The standard InChI is InChI=1S/C17H26N2O/c1-13-10-17(20,12-19(13)2)16(11-18)9-5-7-14-6-3-4-8-15(14)16/h3-4,6,8,13,20H,5,7,9-12,18H2,1-2H3. The van der Waals surface area contributed by atoms with Crippen LogP contribution in [0.5, 0.6) is 0 Å². The molecule has 2 aliphatic rings. The van der Waals surface area contributed by atoms with E-state index in [1.807, 2.05) is 0 Å². The van der Waals surface area contributed by atoms with Gasteiger partial charge >= 0.3 is 0 Å². The molecule has 1 aromatic rings. The number of β-amino-alcohol motifs (C(OH)–C–C–N with tert-alkyl or cyclic N) is 1. The second kappa shape index (κ2) is 4.83. The molecule has 0 bridgehead atoms. The molecule has 1 aliphatic heterocycles. The van der Waals surface area contributed by atoms with E-state index in [-0.39, 0.29) is 5.41 Å². The highest BCUT2D eigenvalue weighted by Crippen LogP contribution is 2.49. The minimum atomic E-state index is -0.702. The number of hydrogen-bond donors (Lipinski definition) is 2. The van der Waals surface area contributed by atoms with Crippen LogP contribution in [0.2, 0.25) is 0 Å². The number of likely N-dealkylation sites (N-methyl/N-ethyl adjacent to an activating group) is 1. The first kappa shape index (κ1) is 14.1. The Hall–Kier alpha value is -0.900. The minimum Gasteiger partial charge on any atom is -0.388 e. The molecule has 1 saturated heterocycles. The van der Waals surface area contributed by atoms with Gasteiger partial charge in [-0.3, -0.25) is 0 Å². The number of nitrogens with two attached hydrogens (primary N) is 1. The predicted octanol–water partition coefficient (Wildman–Crippen LogP) is 1.67. The largest absolute Gasteiger partial charge is 0.388 e. The fourth-order valence-corrected chi connectivity index (χ4v) is 4.43. The second-order valence-electron chi connectivity index (χ2n) is 6.80. The van der Waals surface area contributed by atoms with Crippen LogP contribution in [0.15, 0.2) is 24.3 Å². The van der Waals surface area contributed by atoms with E-state index in [0.717, 1.165) is 32.2 Å². The molecule has 20 heavy (non-hydrogen) atoms. The van der Waals surface area contributed by atoms with Gasteiger partial charge in [-0.25, -0.2) is 0 Å². The SMILES string of the molecule is CC1CC(O)(C2(CN)CCCc3ccccc32)CN1C. The van der Waals surface area contributed by atoms with Crippen molar-refractivity contribution in [1.82, 2.24) is 4.90 Å². The summed E-state index contributed by atoms with van der Waals surface area (Å²) in [6.07, 6.45) is 4.04. The molecule has 3 heteroatoms. The zero-order valence-corrected chi connectivity index (χ0v) is 12.6. The van der Waals surface area contributed by atoms with Crippen molar-refractivity contribution in [3.05, 3.63) is 35.4 Å². The topological polar surface area (TPSA) is 49.5 Å². The number of nitrogens with zero attached hydrogens (tertiary/aromatic N) is 1. The molecular weight excluding hydrogens is 248 g/mol. The van der Waals surface area contributed by atoms with Crippen molar-refractivity contribution in [2.45, 2.75) is 49.7 Å². The highest BCUT2D eigenvalue weighted by molar-refractivity contribution is 5.41. The number of hydrogen-bond acceptors (Lipinski definition) is 3. The molecule has 1 fully saturated rings. The van der Waals surface area contributed by atoms with Crippen molar-refractivity contribution < 1.29 is 5.11 Å². The van der Waals surface area contributed by atoms with Gasteiger partial charge in [0.2, 0.25) is 0 Å². The van der Waals surface area contributed by atoms with E-state index in [1.54, 1.807) is 0 Å². The van der Waals surface area contributed by atoms with Gasteiger partial charge < -0.3 is 15.7 Å². The van der Waals surface area contributed by atoms with E-state index in [9.17, 15) is 5.11 Å². The van der Waals surface area contributed by atoms with E-state index in [4.69, 9.17) is 5.73 Å². The number of aryl methyl sites for hydroxylation is 1. The van der Waals surface area contributed by atoms with Crippen LogP contribution in [0, 0.1) is 0 Å².